The van der Waals surface area contributed by atoms with Crippen molar-refractivity contribution < 1.29 is 14.7 Å². The van der Waals surface area contributed by atoms with Crippen molar-refractivity contribution in [1.82, 2.24) is 10.6 Å². The molecule has 0 aromatic heterocycles. The van der Waals surface area contributed by atoms with Crippen LogP contribution in [0.1, 0.15) is 52.9 Å². The molecule has 0 saturated heterocycles. The highest BCUT2D eigenvalue weighted by atomic mass is 16.4. The van der Waals surface area contributed by atoms with Gasteiger partial charge in [-0.2, -0.15) is 0 Å². The van der Waals surface area contributed by atoms with E-state index in [0.29, 0.717) is 13.0 Å². The zero-order chi connectivity index (χ0) is 14.5. The summed E-state index contributed by atoms with van der Waals surface area (Å²) in [7, 11) is 0. The predicted octanol–water partition coefficient (Wildman–Crippen LogP) is 2.37. The molecule has 1 rings (SSSR count). The summed E-state index contributed by atoms with van der Waals surface area (Å²) in [6.07, 6.45) is 5.03. The lowest BCUT2D eigenvalue weighted by atomic mass is 9.67. The summed E-state index contributed by atoms with van der Waals surface area (Å²) < 4.78 is 0. The molecule has 2 amide bonds. The van der Waals surface area contributed by atoms with Crippen molar-refractivity contribution in [1.29, 1.82) is 0 Å². The van der Waals surface area contributed by atoms with E-state index in [1.165, 1.54) is 6.42 Å². The largest absolute Gasteiger partial charge is 0.480 e. The highest BCUT2D eigenvalue weighted by Crippen LogP contribution is 2.42. The van der Waals surface area contributed by atoms with E-state index in [-0.39, 0.29) is 17.4 Å². The number of urea groups is 1. The number of amides is 2. The van der Waals surface area contributed by atoms with Crippen molar-refractivity contribution in [3.05, 3.63) is 0 Å². The fraction of sp³-hybridized carbons (Fsp3) is 0.857. The fourth-order valence-corrected chi connectivity index (χ4v) is 2.50. The van der Waals surface area contributed by atoms with Crippen LogP contribution >= 0.6 is 0 Å². The second-order valence-electron chi connectivity index (χ2n) is 6.05. The minimum absolute atomic E-state index is 0.231. The smallest absolute Gasteiger partial charge is 0.326 e. The molecule has 3 N–H and O–H groups in total. The Morgan fingerprint density at radius 3 is 2.32 bits per heavy atom. The van der Waals surface area contributed by atoms with Crippen molar-refractivity contribution >= 4 is 12.0 Å². The quantitative estimate of drug-likeness (QED) is 0.664. The molecular weight excluding hydrogens is 244 g/mol. The van der Waals surface area contributed by atoms with Crippen LogP contribution in [0, 0.1) is 11.3 Å². The van der Waals surface area contributed by atoms with Crippen molar-refractivity contribution in [2.75, 3.05) is 6.54 Å². The van der Waals surface area contributed by atoms with Gasteiger partial charge in [0.05, 0.1) is 0 Å². The maximum atomic E-state index is 11.8. The third kappa shape index (κ3) is 4.73. The lowest BCUT2D eigenvalue weighted by molar-refractivity contribution is -0.139. The van der Waals surface area contributed by atoms with Gasteiger partial charge in [-0.1, -0.05) is 27.2 Å². The van der Waals surface area contributed by atoms with Crippen LogP contribution in [0.2, 0.25) is 0 Å². The molecule has 5 nitrogen and oxygen atoms in total. The van der Waals surface area contributed by atoms with E-state index >= 15 is 0 Å². The second-order valence-corrected chi connectivity index (χ2v) is 6.05. The van der Waals surface area contributed by atoms with Gasteiger partial charge in [-0.3, -0.25) is 0 Å². The monoisotopic (exact) mass is 270 g/mol. The van der Waals surface area contributed by atoms with Gasteiger partial charge >= 0.3 is 12.0 Å². The number of hydrogen-bond acceptors (Lipinski definition) is 2. The van der Waals surface area contributed by atoms with Crippen molar-refractivity contribution in [3.63, 3.8) is 0 Å². The predicted molar refractivity (Wildman–Crippen MR) is 74.0 cm³/mol. The van der Waals surface area contributed by atoms with Crippen molar-refractivity contribution in [3.8, 4) is 0 Å². The number of carboxylic acid groups (broad SMARTS) is 1. The molecule has 1 unspecified atom stereocenters. The molecule has 1 atom stereocenters. The van der Waals surface area contributed by atoms with E-state index in [0.717, 1.165) is 19.3 Å². The van der Waals surface area contributed by atoms with E-state index in [4.69, 9.17) is 5.11 Å². The second kappa shape index (κ2) is 6.78. The topological polar surface area (TPSA) is 78.4 Å². The molecule has 5 heteroatoms. The molecule has 1 fully saturated rings. The van der Waals surface area contributed by atoms with Crippen molar-refractivity contribution in [2.45, 2.75) is 58.9 Å². The first kappa shape index (κ1) is 15.8. The molecule has 1 aliphatic rings. The van der Waals surface area contributed by atoms with Crippen LogP contribution in [-0.2, 0) is 4.79 Å². The van der Waals surface area contributed by atoms with Crippen LogP contribution in [0.15, 0.2) is 0 Å². The SMILES string of the molecule is CCC1(CNC(=O)NC(CC(C)C)C(=O)O)CCC1. The first-order valence-corrected chi connectivity index (χ1v) is 7.16. The van der Waals surface area contributed by atoms with E-state index in [1.807, 2.05) is 13.8 Å². The Labute approximate surface area is 115 Å². The van der Waals surface area contributed by atoms with Gasteiger partial charge in [-0.15, -0.1) is 0 Å². The Hall–Kier alpha value is -1.26. The standard InChI is InChI=1S/C14H26N2O3/c1-4-14(6-5-7-14)9-15-13(19)16-11(12(17)18)8-10(2)3/h10-11H,4-9H2,1-3H3,(H,17,18)(H2,15,16,19). The van der Waals surface area contributed by atoms with Crippen LogP contribution in [0.25, 0.3) is 0 Å². The van der Waals surface area contributed by atoms with Crippen LogP contribution in [-0.4, -0.2) is 29.7 Å². The zero-order valence-electron chi connectivity index (χ0n) is 12.2. The highest BCUT2D eigenvalue weighted by Gasteiger charge is 2.35. The number of carboxylic acids is 1. The van der Waals surface area contributed by atoms with Gasteiger partial charge in [0, 0.05) is 6.54 Å². The van der Waals surface area contributed by atoms with E-state index in [1.54, 1.807) is 0 Å². The molecular formula is C14H26N2O3. The van der Waals surface area contributed by atoms with Crippen LogP contribution in [0.3, 0.4) is 0 Å². The average molecular weight is 270 g/mol. The molecule has 1 aliphatic carbocycles. The summed E-state index contributed by atoms with van der Waals surface area (Å²) in [5, 5.41) is 14.4. The maximum Gasteiger partial charge on any atom is 0.326 e. The molecule has 0 aromatic rings. The van der Waals surface area contributed by atoms with Crippen LogP contribution in [0.4, 0.5) is 4.79 Å². The molecule has 0 heterocycles. The minimum atomic E-state index is -0.974. The summed E-state index contributed by atoms with van der Waals surface area (Å²) in [5.41, 5.74) is 0.244. The normalized spacial score (nSPS) is 18.5. The molecule has 1 saturated carbocycles. The third-order valence-corrected chi connectivity index (χ3v) is 4.10. The lowest BCUT2D eigenvalue weighted by Crippen LogP contribution is -2.50. The lowest BCUT2D eigenvalue weighted by Gasteiger charge is -2.41. The maximum absolute atomic E-state index is 11.8. The van der Waals surface area contributed by atoms with Gasteiger partial charge in [-0.25, -0.2) is 9.59 Å². The first-order valence-electron chi connectivity index (χ1n) is 7.16. The molecule has 110 valence electrons. The summed E-state index contributed by atoms with van der Waals surface area (Å²) in [6.45, 7) is 6.66. The van der Waals surface area contributed by atoms with E-state index in [9.17, 15) is 9.59 Å². The summed E-state index contributed by atoms with van der Waals surface area (Å²) in [5.74, 6) is -0.743. The molecule has 0 aromatic carbocycles. The summed E-state index contributed by atoms with van der Waals surface area (Å²) in [6, 6.07) is -1.17. The Balaban J connectivity index is 2.38. The zero-order valence-corrected chi connectivity index (χ0v) is 12.2. The summed E-state index contributed by atoms with van der Waals surface area (Å²) >= 11 is 0. The highest BCUT2D eigenvalue weighted by molar-refractivity contribution is 5.82. The van der Waals surface area contributed by atoms with Gasteiger partial charge in [0.1, 0.15) is 6.04 Å². The van der Waals surface area contributed by atoms with Gasteiger partial charge in [-0.05, 0) is 37.0 Å². The van der Waals surface area contributed by atoms with Crippen LogP contribution < -0.4 is 10.6 Å². The molecule has 0 aliphatic heterocycles. The van der Waals surface area contributed by atoms with Crippen molar-refractivity contribution in [2.24, 2.45) is 11.3 Å². The first-order chi connectivity index (χ1) is 8.88. The van der Waals surface area contributed by atoms with E-state index < -0.39 is 12.0 Å². The fourth-order valence-electron chi connectivity index (χ4n) is 2.50. The molecule has 0 radical (unpaired) electrons. The number of carbonyl (C=O) groups is 2. The van der Waals surface area contributed by atoms with Gasteiger partial charge in [0.15, 0.2) is 0 Å². The number of carbonyl (C=O) groups excluding carboxylic acids is 1. The number of rotatable bonds is 7. The number of hydrogen-bond donors (Lipinski definition) is 3. The number of nitrogens with one attached hydrogen (secondary N) is 2. The number of aliphatic carboxylic acids is 1. The Morgan fingerprint density at radius 2 is 1.95 bits per heavy atom. The van der Waals surface area contributed by atoms with Gasteiger partial charge < -0.3 is 15.7 Å². The van der Waals surface area contributed by atoms with Gasteiger partial charge in [0.2, 0.25) is 0 Å². The van der Waals surface area contributed by atoms with E-state index in [2.05, 4.69) is 17.6 Å². The van der Waals surface area contributed by atoms with Crippen LogP contribution in [0.5, 0.6) is 0 Å². The molecule has 0 bridgehead atoms. The average Bonchev–Trinajstić information content (AvgIpc) is 2.26. The molecule has 0 spiro atoms. The Morgan fingerprint density at radius 1 is 1.32 bits per heavy atom. The minimum Gasteiger partial charge on any atom is -0.480 e. The summed E-state index contributed by atoms with van der Waals surface area (Å²) in [4.78, 5) is 22.8. The Kier molecular flexibility index (Phi) is 5.63. The Bertz CT molecular complexity index is 319. The van der Waals surface area contributed by atoms with Gasteiger partial charge in [0.25, 0.3) is 0 Å². The third-order valence-electron chi connectivity index (χ3n) is 4.10. The molecule has 19 heavy (non-hydrogen) atoms.